The van der Waals surface area contributed by atoms with Gasteiger partial charge in [0.05, 0.1) is 4.47 Å². The van der Waals surface area contributed by atoms with Crippen LogP contribution in [-0.2, 0) is 12.8 Å². The number of phenols is 1. The lowest BCUT2D eigenvalue weighted by Gasteiger charge is -2.35. The quantitative estimate of drug-likeness (QED) is 0.471. The summed E-state index contributed by atoms with van der Waals surface area (Å²) in [6, 6.07) is 2.15. The van der Waals surface area contributed by atoms with Crippen LogP contribution in [0.25, 0.3) is 5.57 Å². The van der Waals surface area contributed by atoms with Crippen molar-refractivity contribution >= 4 is 37.4 Å². The van der Waals surface area contributed by atoms with Crippen LogP contribution < -0.4 is 0 Å². The lowest BCUT2D eigenvalue weighted by molar-refractivity contribution is 0.466. The highest BCUT2D eigenvalue weighted by atomic mass is 79.9. The van der Waals surface area contributed by atoms with Gasteiger partial charge < -0.3 is 5.11 Å². The van der Waals surface area contributed by atoms with Crippen molar-refractivity contribution in [2.75, 3.05) is 0 Å². The summed E-state index contributed by atoms with van der Waals surface area (Å²) in [5.74, 6) is 0.851. The molecule has 0 heterocycles. The fourth-order valence-corrected chi connectivity index (χ4v) is 5.77. The zero-order valence-electron chi connectivity index (χ0n) is 14.2. The first-order valence-corrected chi connectivity index (χ1v) is 10.9. The molecule has 0 amide bonds. The van der Waals surface area contributed by atoms with Crippen molar-refractivity contribution in [3.05, 3.63) is 44.5 Å². The molecule has 0 spiro atoms. The number of benzene rings is 1. The predicted molar refractivity (Wildman–Crippen MR) is 108 cm³/mol. The molecule has 0 saturated heterocycles. The molecule has 0 bridgehead atoms. The zero-order valence-corrected chi connectivity index (χ0v) is 17.3. The maximum absolute atomic E-state index is 11.0. The lowest BCUT2D eigenvalue weighted by Crippen LogP contribution is -2.22. The number of hydrogen-bond acceptors (Lipinski definition) is 1. The molecule has 2 atom stereocenters. The molecule has 3 heteroatoms. The molecular formula is C21H24Br2O. The van der Waals surface area contributed by atoms with E-state index in [-0.39, 0.29) is 0 Å². The van der Waals surface area contributed by atoms with E-state index in [1.807, 2.05) is 0 Å². The highest BCUT2D eigenvalue weighted by molar-refractivity contribution is 9.10. The first-order valence-electron chi connectivity index (χ1n) is 9.19. The number of alkyl halides is 1. The summed E-state index contributed by atoms with van der Waals surface area (Å²) < 4.78 is 0.858. The van der Waals surface area contributed by atoms with Crippen molar-refractivity contribution in [1.29, 1.82) is 0 Å². The lowest BCUT2D eigenvalue weighted by atomic mass is 9.72. The third kappa shape index (κ3) is 2.72. The van der Waals surface area contributed by atoms with E-state index in [1.165, 1.54) is 60.0 Å². The number of phenolic OH excluding ortho intramolecular Hbond substituents is 1. The Morgan fingerprint density at radius 2 is 1.75 bits per heavy atom. The van der Waals surface area contributed by atoms with Crippen molar-refractivity contribution in [3.8, 4) is 5.75 Å². The van der Waals surface area contributed by atoms with Crippen molar-refractivity contribution in [2.24, 2.45) is 5.92 Å². The topological polar surface area (TPSA) is 20.2 Å². The smallest absolute Gasteiger partial charge is 0.137 e. The monoisotopic (exact) mass is 450 g/mol. The van der Waals surface area contributed by atoms with Gasteiger partial charge in [0, 0.05) is 10.4 Å². The molecule has 1 N–H and O–H groups in total. The molecular weight excluding hydrogens is 428 g/mol. The van der Waals surface area contributed by atoms with Crippen LogP contribution in [0.4, 0.5) is 0 Å². The van der Waals surface area contributed by atoms with Gasteiger partial charge in [0.1, 0.15) is 5.75 Å². The SMILES string of the molecule is CC1C(c2c(O)c(Br)cc3c2CCCC3)=C2CCCCC2=CC1Br. The molecule has 3 aliphatic rings. The normalized spacial score (nSPS) is 26.7. The average Bonchev–Trinajstić information content (AvgIpc) is 2.58. The molecule has 1 aromatic carbocycles. The molecule has 1 aromatic rings. The number of fused-ring (bicyclic) bond motifs is 2. The molecule has 24 heavy (non-hydrogen) atoms. The van der Waals surface area contributed by atoms with Crippen LogP contribution in [0.1, 0.15) is 62.1 Å². The number of halogens is 2. The van der Waals surface area contributed by atoms with Crippen LogP contribution in [0.15, 0.2) is 27.8 Å². The van der Waals surface area contributed by atoms with E-state index in [2.05, 4.69) is 50.9 Å². The summed E-state index contributed by atoms with van der Waals surface area (Å²) in [6.07, 6.45) is 12.1. The number of aryl methyl sites for hydroxylation is 1. The number of aromatic hydroxyl groups is 1. The van der Waals surface area contributed by atoms with Crippen LogP contribution in [0, 0.1) is 5.92 Å². The van der Waals surface area contributed by atoms with Gasteiger partial charge in [-0.25, -0.2) is 0 Å². The highest BCUT2D eigenvalue weighted by Gasteiger charge is 2.33. The summed E-state index contributed by atoms with van der Waals surface area (Å²) in [4.78, 5) is 0.363. The van der Waals surface area contributed by atoms with E-state index < -0.39 is 0 Å². The minimum Gasteiger partial charge on any atom is -0.506 e. The second-order valence-corrected chi connectivity index (χ2v) is 9.36. The van der Waals surface area contributed by atoms with E-state index >= 15 is 0 Å². The van der Waals surface area contributed by atoms with Crippen LogP contribution in [0.3, 0.4) is 0 Å². The maximum Gasteiger partial charge on any atom is 0.137 e. The van der Waals surface area contributed by atoms with Crippen LogP contribution in [-0.4, -0.2) is 9.93 Å². The molecule has 1 saturated carbocycles. The summed E-state index contributed by atoms with van der Waals surface area (Å²) >= 11 is 7.50. The molecule has 0 radical (unpaired) electrons. The van der Waals surface area contributed by atoms with Gasteiger partial charge >= 0.3 is 0 Å². The standard InChI is InChI=1S/C21H24Br2O/c1-12-17(22)10-13-6-2-4-8-15(13)19(12)20-16-9-5-3-7-14(16)11-18(23)21(20)24/h10-12,17,24H,2-9H2,1H3. The minimum absolute atomic E-state index is 0.363. The van der Waals surface area contributed by atoms with E-state index in [0.29, 0.717) is 16.5 Å². The Balaban J connectivity index is 1.98. The Morgan fingerprint density at radius 3 is 2.58 bits per heavy atom. The van der Waals surface area contributed by atoms with Gasteiger partial charge in [0.25, 0.3) is 0 Å². The van der Waals surface area contributed by atoms with E-state index in [1.54, 1.807) is 0 Å². The molecule has 128 valence electrons. The maximum atomic E-state index is 11.0. The van der Waals surface area contributed by atoms with Gasteiger partial charge in [-0.15, -0.1) is 0 Å². The fourth-order valence-electron chi connectivity index (χ4n) is 4.72. The summed E-state index contributed by atoms with van der Waals surface area (Å²) in [5, 5.41) is 11.0. The van der Waals surface area contributed by atoms with Crippen LogP contribution >= 0.6 is 31.9 Å². The van der Waals surface area contributed by atoms with Crippen molar-refractivity contribution in [2.45, 2.75) is 63.1 Å². The van der Waals surface area contributed by atoms with Crippen LogP contribution in [0.2, 0.25) is 0 Å². The Bertz CT molecular complexity index is 745. The average molecular weight is 452 g/mol. The van der Waals surface area contributed by atoms with Gasteiger partial charge in [-0.2, -0.15) is 0 Å². The van der Waals surface area contributed by atoms with Gasteiger partial charge in [0.2, 0.25) is 0 Å². The Morgan fingerprint density at radius 1 is 1.04 bits per heavy atom. The van der Waals surface area contributed by atoms with Crippen molar-refractivity contribution in [3.63, 3.8) is 0 Å². The fraction of sp³-hybridized carbons (Fsp3) is 0.524. The van der Waals surface area contributed by atoms with Gasteiger partial charge in [0.15, 0.2) is 0 Å². The third-order valence-electron chi connectivity index (χ3n) is 5.97. The largest absolute Gasteiger partial charge is 0.506 e. The summed E-state index contributed by atoms with van der Waals surface area (Å²) in [7, 11) is 0. The first kappa shape index (κ1) is 16.9. The number of hydrogen-bond donors (Lipinski definition) is 1. The third-order valence-corrected chi connectivity index (χ3v) is 7.64. The molecule has 3 aliphatic carbocycles. The molecule has 2 unspecified atom stereocenters. The van der Waals surface area contributed by atoms with Gasteiger partial charge in [-0.05, 0) is 107 Å². The second-order valence-electron chi connectivity index (χ2n) is 7.45. The number of rotatable bonds is 1. The first-order chi connectivity index (χ1) is 11.6. The molecule has 0 aromatic heterocycles. The molecule has 1 fully saturated rings. The van der Waals surface area contributed by atoms with Crippen molar-refractivity contribution < 1.29 is 5.11 Å². The summed E-state index contributed by atoms with van der Waals surface area (Å²) in [5.41, 5.74) is 8.43. The van der Waals surface area contributed by atoms with Crippen LogP contribution in [0.5, 0.6) is 5.75 Å². The Hall–Kier alpha value is -0.540. The molecule has 1 nitrogen and oxygen atoms in total. The Labute approximate surface area is 161 Å². The number of allylic oxidation sites excluding steroid dienone is 4. The Kier molecular flexibility index (Phi) is 4.68. The molecule has 0 aliphatic heterocycles. The summed E-state index contributed by atoms with van der Waals surface area (Å²) in [6.45, 7) is 2.30. The minimum atomic E-state index is 0.363. The van der Waals surface area contributed by atoms with Crippen molar-refractivity contribution in [1.82, 2.24) is 0 Å². The second kappa shape index (κ2) is 6.64. The van der Waals surface area contributed by atoms with Gasteiger partial charge in [-0.3, -0.25) is 0 Å². The zero-order chi connectivity index (χ0) is 16.8. The molecule has 4 rings (SSSR count). The van der Waals surface area contributed by atoms with E-state index in [4.69, 9.17) is 0 Å². The van der Waals surface area contributed by atoms with E-state index in [9.17, 15) is 5.11 Å². The van der Waals surface area contributed by atoms with E-state index in [0.717, 1.165) is 29.3 Å². The highest BCUT2D eigenvalue weighted by Crippen LogP contribution is 2.50. The predicted octanol–water partition coefficient (Wildman–Crippen LogP) is 6.70. The van der Waals surface area contributed by atoms with Gasteiger partial charge in [-0.1, -0.05) is 28.9 Å².